The van der Waals surface area contributed by atoms with E-state index in [4.69, 9.17) is 9.47 Å². The van der Waals surface area contributed by atoms with Gasteiger partial charge >= 0.3 is 5.97 Å². The Morgan fingerprint density at radius 3 is 2.91 bits per heavy atom. The van der Waals surface area contributed by atoms with Crippen LogP contribution in [0.1, 0.15) is 38.7 Å². The summed E-state index contributed by atoms with van der Waals surface area (Å²) in [7, 11) is 0. The molecule has 0 unspecified atom stereocenters. The predicted octanol–water partition coefficient (Wildman–Crippen LogP) is 3.24. The molecule has 0 fully saturated rings. The quantitative estimate of drug-likeness (QED) is 0.573. The van der Waals surface area contributed by atoms with Gasteiger partial charge in [0, 0.05) is 13.3 Å². The van der Waals surface area contributed by atoms with E-state index in [1.807, 2.05) is 24.3 Å². The molecule has 2 rings (SSSR count). The number of rotatable bonds is 7. The maximum Gasteiger partial charge on any atom is 0.303 e. The fourth-order valence-corrected chi connectivity index (χ4v) is 2.44. The van der Waals surface area contributed by atoms with Gasteiger partial charge in [0.2, 0.25) is 0 Å². The van der Waals surface area contributed by atoms with Crippen molar-refractivity contribution in [1.29, 1.82) is 0 Å². The monoisotopic (exact) mass is 302 g/mol. The topological polar surface area (TPSA) is 52.6 Å². The molecule has 4 heteroatoms. The van der Waals surface area contributed by atoms with Crippen molar-refractivity contribution in [2.75, 3.05) is 6.61 Å². The Hall–Kier alpha value is -2.10. The van der Waals surface area contributed by atoms with Crippen molar-refractivity contribution in [2.45, 2.75) is 45.6 Å². The van der Waals surface area contributed by atoms with Gasteiger partial charge in [-0.1, -0.05) is 25.5 Å². The van der Waals surface area contributed by atoms with Crippen LogP contribution in [0.15, 0.2) is 35.9 Å². The van der Waals surface area contributed by atoms with Gasteiger partial charge in [-0.15, -0.1) is 0 Å². The molecular formula is C18H22O4. The lowest BCUT2D eigenvalue weighted by Crippen LogP contribution is -2.12. The van der Waals surface area contributed by atoms with E-state index in [0.717, 1.165) is 24.2 Å². The maximum absolute atomic E-state index is 12.0. The minimum Gasteiger partial charge on any atom is -0.494 e. The predicted molar refractivity (Wildman–Crippen MR) is 83.8 cm³/mol. The highest BCUT2D eigenvalue weighted by Crippen LogP contribution is 2.23. The molecule has 1 aliphatic rings. The zero-order valence-electron chi connectivity index (χ0n) is 13.1. The second-order valence-corrected chi connectivity index (χ2v) is 5.49. The van der Waals surface area contributed by atoms with E-state index in [-0.39, 0.29) is 18.2 Å². The fourth-order valence-electron chi connectivity index (χ4n) is 2.44. The highest BCUT2D eigenvalue weighted by molar-refractivity contribution is 5.99. The summed E-state index contributed by atoms with van der Waals surface area (Å²) < 4.78 is 10.8. The first-order chi connectivity index (χ1) is 10.6. The third kappa shape index (κ3) is 4.72. The van der Waals surface area contributed by atoms with Gasteiger partial charge in [-0.3, -0.25) is 9.59 Å². The second kappa shape index (κ2) is 7.78. The molecule has 1 aromatic carbocycles. The second-order valence-electron chi connectivity index (χ2n) is 5.49. The summed E-state index contributed by atoms with van der Waals surface area (Å²) in [5, 5.41) is 0. The molecule has 0 amide bonds. The van der Waals surface area contributed by atoms with Crippen molar-refractivity contribution in [3.8, 4) is 5.75 Å². The zero-order chi connectivity index (χ0) is 15.9. The van der Waals surface area contributed by atoms with Gasteiger partial charge in [-0.05, 0) is 35.8 Å². The Morgan fingerprint density at radius 1 is 1.36 bits per heavy atom. The Morgan fingerprint density at radius 2 is 2.18 bits per heavy atom. The number of ketones is 1. The van der Waals surface area contributed by atoms with Crippen molar-refractivity contribution in [2.24, 2.45) is 0 Å². The first-order valence-electron chi connectivity index (χ1n) is 7.71. The van der Waals surface area contributed by atoms with Gasteiger partial charge < -0.3 is 9.47 Å². The zero-order valence-corrected chi connectivity index (χ0v) is 13.1. The highest BCUT2D eigenvalue weighted by Gasteiger charge is 2.25. The average molecular weight is 302 g/mol. The standard InChI is InChI=1S/C18H22O4/c1-3-4-8-21-16-7-5-6-14(10-16)9-15-11-17(12-18(15)20)22-13(2)19/h5-7,10-11,17H,3-4,8-9,12H2,1-2H3/t17-/m0/s1. The van der Waals surface area contributed by atoms with Crippen LogP contribution in [-0.4, -0.2) is 24.5 Å². The van der Waals surface area contributed by atoms with Crippen LogP contribution in [0.4, 0.5) is 0 Å². The van der Waals surface area contributed by atoms with E-state index in [2.05, 4.69) is 6.92 Å². The fraction of sp³-hybridized carbons (Fsp3) is 0.444. The molecule has 0 radical (unpaired) electrons. The molecule has 0 aliphatic heterocycles. The summed E-state index contributed by atoms with van der Waals surface area (Å²) in [6.45, 7) is 4.18. The number of unbranched alkanes of at least 4 members (excludes halogenated alkanes) is 1. The summed E-state index contributed by atoms with van der Waals surface area (Å²) in [5.41, 5.74) is 1.73. The van der Waals surface area contributed by atoms with Crippen LogP contribution >= 0.6 is 0 Å². The summed E-state index contributed by atoms with van der Waals surface area (Å²) in [4.78, 5) is 22.9. The van der Waals surface area contributed by atoms with Crippen LogP contribution < -0.4 is 4.74 Å². The summed E-state index contributed by atoms with van der Waals surface area (Å²) in [6, 6.07) is 7.79. The number of hydrogen-bond acceptors (Lipinski definition) is 4. The smallest absolute Gasteiger partial charge is 0.303 e. The molecule has 0 aromatic heterocycles. The molecule has 1 aliphatic carbocycles. The molecule has 22 heavy (non-hydrogen) atoms. The Bertz CT molecular complexity index is 574. The van der Waals surface area contributed by atoms with Crippen molar-refractivity contribution < 1.29 is 19.1 Å². The number of hydrogen-bond donors (Lipinski definition) is 0. The summed E-state index contributed by atoms with van der Waals surface area (Å²) in [5.74, 6) is 0.513. The van der Waals surface area contributed by atoms with Crippen LogP contribution in [-0.2, 0) is 20.7 Å². The van der Waals surface area contributed by atoms with Gasteiger partial charge in [0.05, 0.1) is 13.0 Å². The number of carbonyl (C=O) groups excluding carboxylic acids is 2. The Kier molecular flexibility index (Phi) is 5.75. The van der Waals surface area contributed by atoms with Gasteiger partial charge in [0.1, 0.15) is 11.9 Å². The number of esters is 1. The third-order valence-electron chi connectivity index (χ3n) is 3.51. The lowest BCUT2D eigenvalue weighted by atomic mass is 10.0. The normalized spacial score (nSPS) is 17.3. The van der Waals surface area contributed by atoms with Crippen molar-refractivity contribution in [1.82, 2.24) is 0 Å². The largest absolute Gasteiger partial charge is 0.494 e. The van der Waals surface area contributed by atoms with Crippen molar-refractivity contribution >= 4 is 11.8 Å². The minimum absolute atomic E-state index is 0.0450. The molecule has 0 heterocycles. The lowest BCUT2D eigenvalue weighted by Gasteiger charge is -2.07. The van der Waals surface area contributed by atoms with Crippen molar-refractivity contribution in [3.05, 3.63) is 41.5 Å². The van der Waals surface area contributed by atoms with E-state index in [9.17, 15) is 9.59 Å². The minimum atomic E-state index is -0.413. The molecule has 1 atom stereocenters. The van der Waals surface area contributed by atoms with Crippen LogP contribution in [0.3, 0.4) is 0 Å². The van der Waals surface area contributed by atoms with E-state index >= 15 is 0 Å². The van der Waals surface area contributed by atoms with Crippen molar-refractivity contribution in [3.63, 3.8) is 0 Å². The third-order valence-corrected chi connectivity index (χ3v) is 3.51. The number of Topliss-reactive ketones (excluding diaryl/α,β-unsaturated/α-hetero) is 1. The number of allylic oxidation sites excluding steroid dienone is 1. The summed E-state index contributed by atoms with van der Waals surface area (Å²) >= 11 is 0. The number of carbonyl (C=O) groups is 2. The van der Waals surface area contributed by atoms with Crippen LogP contribution in [0.2, 0.25) is 0 Å². The number of benzene rings is 1. The molecule has 0 bridgehead atoms. The van der Waals surface area contributed by atoms with Crippen LogP contribution in [0, 0.1) is 0 Å². The van der Waals surface area contributed by atoms with Gasteiger partial charge in [0.25, 0.3) is 0 Å². The molecule has 0 saturated carbocycles. The van der Waals surface area contributed by atoms with Gasteiger partial charge in [-0.2, -0.15) is 0 Å². The molecule has 1 aromatic rings. The average Bonchev–Trinajstić information content (AvgIpc) is 2.78. The van der Waals surface area contributed by atoms with E-state index < -0.39 is 6.10 Å². The molecule has 4 nitrogen and oxygen atoms in total. The Labute approximate surface area is 131 Å². The Balaban J connectivity index is 1.99. The van der Waals surface area contributed by atoms with E-state index in [0.29, 0.717) is 18.6 Å². The van der Waals surface area contributed by atoms with Crippen LogP contribution in [0.5, 0.6) is 5.75 Å². The highest BCUT2D eigenvalue weighted by atomic mass is 16.5. The lowest BCUT2D eigenvalue weighted by molar-refractivity contribution is -0.144. The number of ether oxygens (including phenoxy) is 2. The molecule has 0 saturated heterocycles. The maximum atomic E-state index is 12.0. The molecule has 0 N–H and O–H groups in total. The molecule has 118 valence electrons. The van der Waals surface area contributed by atoms with Crippen LogP contribution in [0.25, 0.3) is 0 Å². The first-order valence-corrected chi connectivity index (χ1v) is 7.71. The van der Waals surface area contributed by atoms with E-state index in [1.165, 1.54) is 6.92 Å². The first kappa shape index (κ1) is 16.3. The SMILES string of the molecule is CCCCOc1cccc(CC2=C[C@H](OC(C)=O)CC2=O)c1. The molecule has 0 spiro atoms. The van der Waals surface area contributed by atoms with Gasteiger partial charge in [0.15, 0.2) is 5.78 Å². The van der Waals surface area contributed by atoms with Gasteiger partial charge in [-0.25, -0.2) is 0 Å². The molecular weight excluding hydrogens is 280 g/mol. The summed E-state index contributed by atoms with van der Waals surface area (Å²) in [6.07, 6.45) is 4.26. The van der Waals surface area contributed by atoms with E-state index in [1.54, 1.807) is 6.08 Å².